The minimum absolute atomic E-state index is 0.0898. The molecule has 0 fully saturated rings. The van der Waals surface area contributed by atoms with Gasteiger partial charge in [0.15, 0.2) is 5.78 Å². The highest BCUT2D eigenvalue weighted by molar-refractivity contribution is 5.95. The molecule has 2 heterocycles. The van der Waals surface area contributed by atoms with E-state index in [9.17, 15) is 14.9 Å². The lowest BCUT2D eigenvalue weighted by Gasteiger charge is -2.10. The predicted molar refractivity (Wildman–Crippen MR) is 102 cm³/mol. The van der Waals surface area contributed by atoms with Gasteiger partial charge < -0.3 is 10.6 Å². The van der Waals surface area contributed by atoms with Crippen LogP contribution in [0, 0.1) is 10.1 Å². The van der Waals surface area contributed by atoms with Gasteiger partial charge in [0.2, 0.25) is 5.82 Å². The molecule has 0 saturated carbocycles. The van der Waals surface area contributed by atoms with E-state index in [1.807, 2.05) is 12.1 Å². The monoisotopic (exact) mass is 363 g/mol. The highest BCUT2D eigenvalue weighted by atomic mass is 16.6. The molecule has 2 N–H and O–H groups in total. The Labute approximate surface area is 155 Å². The Morgan fingerprint density at radius 2 is 2.04 bits per heavy atom. The van der Waals surface area contributed by atoms with Crippen LogP contribution in [0.15, 0.2) is 60.9 Å². The third-order valence-corrected chi connectivity index (χ3v) is 3.80. The lowest BCUT2D eigenvalue weighted by Crippen LogP contribution is -2.05. The topological polar surface area (TPSA) is 110 Å². The van der Waals surface area contributed by atoms with Crippen LogP contribution >= 0.6 is 0 Å². The average Bonchev–Trinajstić information content (AvgIpc) is 2.67. The van der Waals surface area contributed by atoms with Crippen molar-refractivity contribution in [3.05, 3.63) is 82.2 Å². The van der Waals surface area contributed by atoms with Gasteiger partial charge in [0.05, 0.1) is 4.92 Å². The summed E-state index contributed by atoms with van der Waals surface area (Å²) in [5.74, 6) is 0.486. The third-order valence-electron chi connectivity index (χ3n) is 3.80. The Hall–Kier alpha value is -3.81. The van der Waals surface area contributed by atoms with E-state index in [0.29, 0.717) is 23.6 Å². The molecule has 0 saturated heterocycles. The molecule has 0 amide bonds. The molecule has 0 aliphatic heterocycles. The quantitative estimate of drug-likeness (QED) is 0.371. The summed E-state index contributed by atoms with van der Waals surface area (Å²) in [5.41, 5.74) is 1.85. The summed E-state index contributed by atoms with van der Waals surface area (Å²) in [6.45, 7) is 1.95. The minimum atomic E-state index is -0.505. The lowest BCUT2D eigenvalue weighted by molar-refractivity contribution is -0.384. The van der Waals surface area contributed by atoms with Crippen LogP contribution in [-0.2, 0) is 6.54 Å². The number of rotatable bonds is 7. The van der Waals surface area contributed by atoms with Crippen LogP contribution in [0.5, 0.6) is 0 Å². The predicted octanol–water partition coefficient (Wildman–Crippen LogP) is 3.94. The van der Waals surface area contributed by atoms with E-state index >= 15 is 0 Å². The first kappa shape index (κ1) is 18.0. The maximum Gasteiger partial charge on any atom is 0.311 e. The van der Waals surface area contributed by atoms with Crippen LogP contribution in [0.3, 0.4) is 0 Å². The Bertz CT molecular complexity index is 976. The van der Waals surface area contributed by atoms with Gasteiger partial charge in [0.25, 0.3) is 0 Å². The number of ketones is 1. The summed E-state index contributed by atoms with van der Waals surface area (Å²) in [6.07, 6.45) is 3.41. The molecular weight excluding hydrogens is 346 g/mol. The largest absolute Gasteiger partial charge is 0.366 e. The first-order valence-electron chi connectivity index (χ1n) is 8.19. The summed E-state index contributed by atoms with van der Waals surface area (Å²) in [5, 5.41) is 17.4. The number of carbonyl (C=O) groups is 1. The van der Waals surface area contributed by atoms with Gasteiger partial charge in [-0.1, -0.05) is 18.2 Å². The first-order chi connectivity index (χ1) is 13.0. The zero-order valence-corrected chi connectivity index (χ0v) is 14.5. The average molecular weight is 363 g/mol. The molecule has 2 aromatic heterocycles. The summed E-state index contributed by atoms with van der Waals surface area (Å²) in [4.78, 5) is 30.7. The number of anilines is 3. The van der Waals surface area contributed by atoms with Crippen LogP contribution in [0.2, 0.25) is 0 Å². The number of benzene rings is 1. The number of aromatic nitrogens is 2. The van der Waals surface area contributed by atoms with Gasteiger partial charge in [0, 0.05) is 36.3 Å². The molecule has 3 rings (SSSR count). The number of nitro groups is 1. The van der Waals surface area contributed by atoms with Gasteiger partial charge in [-0.3, -0.25) is 19.9 Å². The molecule has 0 spiro atoms. The highest BCUT2D eigenvalue weighted by Gasteiger charge is 2.16. The van der Waals surface area contributed by atoms with Crippen molar-refractivity contribution in [1.29, 1.82) is 0 Å². The number of hydrogen-bond donors (Lipinski definition) is 2. The first-order valence-corrected chi connectivity index (χ1v) is 8.19. The van der Waals surface area contributed by atoms with E-state index < -0.39 is 4.92 Å². The number of hydrogen-bond acceptors (Lipinski definition) is 7. The van der Waals surface area contributed by atoms with Crippen LogP contribution in [0.4, 0.5) is 23.0 Å². The number of Topliss-reactive ketones (excluding diaryl/α,β-unsaturated/α-hetero) is 1. The summed E-state index contributed by atoms with van der Waals surface area (Å²) < 4.78 is 0. The van der Waals surface area contributed by atoms with Crippen LogP contribution in [0.25, 0.3) is 0 Å². The SMILES string of the molecule is CC(=O)c1cccc(Nc2nc(NCc3cccnc3)ccc2[N+](=O)[O-])c1. The highest BCUT2D eigenvalue weighted by Crippen LogP contribution is 2.27. The summed E-state index contributed by atoms with van der Waals surface area (Å²) >= 11 is 0. The van der Waals surface area contributed by atoms with E-state index in [-0.39, 0.29) is 17.3 Å². The van der Waals surface area contributed by atoms with Crippen LogP contribution in [-0.4, -0.2) is 20.7 Å². The standard InChI is InChI=1S/C19H17N5O3/c1-13(25)15-5-2-6-16(10-15)22-19-17(24(26)27)7-8-18(23-19)21-12-14-4-3-9-20-11-14/h2-11H,12H2,1H3,(H2,21,22,23). The molecule has 136 valence electrons. The van der Waals surface area contributed by atoms with Gasteiger partial charge in [0.1, 0.15) is 5.82 Å². The molecule has 0 aliphatic carbocycles. The molecule has 0 bridgehead atoms. The van der Waals surface area contributed by atoms with E-state index in [1.165, 1.54) is 13.0 Å². The number of nitrogens with zero attached hydrogens (tertiary/aromatic N) is 3. The van der Waals surface area contributed by atoms with Crippen molar-refractivity contribution < 1.29 is 9.72 Å². The Morgan fingerprint density at radius 1 is 1.19 bits per heavy atom. The number of pyridine rings is 2. The Kier molecular flexibility index (Phi) is 5.36. The molecule has 27 heavy (non-hydrogen) atoms. The van der Waals surface area contributed by atoms with E-state index in [1.54, 1.807) is 42.7 Å². The fourth-order valence-corrected chi connectivity index (χ4v) is 2.44. The van der Waals surface area contributed by atoms with E-state index in [0.717, 1.165) is 5.56 Å². The normalized spacial score (nSPS) is 10.3. The van der Waals surface area contributed by atoms with Gasteiger partial charge in [-0.15, -0.1) is 0 Å². The van der Waals surface area contributed by atoms with Crippen LogP contribution < -0.4 is 10.6 Å². The maximum atomic E-state index is 11.5. The second-order valence-electron chi connectivity index (χ2n) is 5.80. The van der Waals surface area contributed by atoms with Gasteiger partial charge in [-0.05, 0) is 36.8 Å². The van der Waals surface area contributed by atoms with Crippen molar-refractivity contribution >= 4 is 28.8 Å². The van der Waals surface area contributed by atoms with E-state index in [2.05, 4.69) is 20.6 Å². The number of nitrogens with one attached hydrogen (secondary N) is 2. The molecule has 1 aromatic carbocycles. The molecule has 0 atom stereocenters. The van der Waals surface area contributed by atoms with Gasteiger partial charge in [-0.2, -0.15) is 0 Å². The van der Waals surface area contributed by atoms with Gasteiger partial charge >= 0.3 is 5.69 Å². The summed E-state index contributed by atoms with van der Waals surface area (Å²) in [7, 11) is 0. The minimum Gasteiger partial charge on any atom is -0.366 e. The van der Waals surface area contributed by atoms with Crippen molar-refractivity contribution in [2.24, 2.45) is 0 Å². The molecule has 3 aromatic rings. The molecule has 0 aliphatic rings. The van der Waals surface area contributed by atoms with Crippen molar-refractivity contribution in [1.82, 2.24) is 9.97 Å². The molecule has 8 heteroatoms. The van der Waals surface area contributed by atoms with Gasteiger partial charge in [-0.25, -0.2) is 4.98 Å². The van der Waals surface area contributed by atoms with Crippen molar-refractivity contribution in [2.45, 2.75) is 13.5 Å². The maximum absolute atomic E-state index is 11.5. The summed E-state index contributed by atoms with van der Waals surface area (Å²) in [6, 6.07) is 13.4. The zero-order chi connectivity index (χ0) is 19.2. The Morgan fingerprint density at radius 3 is 2.74 bits per heavy atom. The smallest absolute Gasteiger partial charge is 0.311 e. The van der Waals surface area contributed by atoms with E-state index in [4.69, 9.17) is 0 Å². The second kappa shape index (κ2) is 8.05. The van der Waals surface area contributed by atoms with Crippen molar-refractivity contribution in [2.75, 3.05) is 10.6 Å². The van der Waals surface area contributed by atoms with Crippen molar-refractivity contribution in [3.63, 3.8) is 0 Å². The Balaban J connectivity index is 1.84. The fraction of sp³-hybridized carbons (Fsp3) is 0.105. The molecular formula is C19H17N5O3. The third kappa shape index (κ3) is 4.63. The zero-order valence-electron chi connectivity index (χ0n) is 14.5. The molecule has 8 nitrogen and oxygen atoms in total. The van der Waals surface area contributed by atoms with Crippen molar-refractivity contribution in [3.8, 4) is 0 Å². The number of carbonyl (C=O) groups excluding carboxylic acids is 1. The second-order valence-corrected chi connectivity index (χ2v) is 5.80. The molecule has 0 unspecified atom stereocenters. The lowest BCUT2D eigenvalue weighted by atomic mass is 10.1. The van der Waals surface area contributed by atoms with Crippen LogP contribution in [0.1, 0.15) is 22.8 Å². The molecule has 0 radical (unpaired) electrons. The fourth-order valence-electron chi connectivity index (χ4n) is 2.44.